The zero-order valence-electron chi connectivity index (χ0n) is 10.8. The van der Waals surface area contributed by atoms with Gasteiger partial charge in [-0.25, -0.2) is 9.37 Å². The maximum atomic E-state index is 13.1. The highest BCUT2D eigenvalue weighted by atomic mass is 19.1. The zero-order chi connectivity index (χ0) is 13.9. The molecule has 102 valence electrons. The van der Waals surface area contributed by atoms with Gasteiger partial charge < -0.3 is 4.42 Å². The summed E-state index contributed by atoms with van der Waals surface area (Å²) in [5.41, 5.74) is 0.902. The molecule has 5 nitrogen and oxygen atoms in total. The number of halogens is 1. The molecule has 0 radical (unpaired) electrons. The van der Waals surface area contributed by atoms with Gasteiger partial charge in [-0.05, 0) is 29.8 Å². The van der Waals surface area contributed by atoms with E-state index in [1.807, 2.05) is 24.2 Å². The first-order chi connectivity index (χ1) is 9.75. The molecule has 0 saturated carbocycles. The first-order valence-corrected chi connectivity index (χ1v) is 6.12. The van der Waals surface area contributed by atoms with E-state index in [0.29, 0.717) is 0 Å². The van der Waals surface area contributed by atoms with Crippen molar-refractivity contribution in [2.45, 2.75) is 6.04 Å². The molecular formula is C14H13FN4O. The molecule has 2 aromatic heterocycles. The first-order valence-electron chi connectivity index (χ1n) is 6.12. The minimum Gasteiger partial charge on any atom is -0.467 e. The summed E-state index contributed by atoms with van der Waals surface area (Å²) in [6.07, 6.45) is 4.67. The summed E-state index contributed by atoms with van der Waals surface area (Å²) in [5.74, 6) is 0.477. The van der Waals surface area contributed by atoms with Crippen LogP contribution in [-0.4, -0.2) is 21.9 Å². The molecule has 0 aliphatic carbocycles. The Morgan fingerprint density at radius 3 is 2.65 bits per heavy atom. The van der Waals surface area contributed by atoms with E-state index >= 15 is 0 Å². The van der Waals surface area contributed by atoms with Crippen LogP contribution in [0.5, 0.6) is 0 Å². The minimum absolute atomic E-state index is 0.215. The molecule has 20 heavy (non-hydrogen) atoms. The molecule has 2 heterocycles. The van der Waals surface area contributed by atoms with Crippen LogP contribution in [0.15, 0.2) is 59.7 Å². The number of hydrogen-bond acceptors (Lipinski definition) is 4. The van der Waals surface area contributed by atoms with Gasteiger partial charge in [0.1, 0.15) is 30.3 Å². The summed E-state index contributed by atoms with van der Waals surface area (Å²) in [5, 5.41) is 5.97. The van der Waals surface area contributed by atoms with E-state index in [4.69, 9.17) is 4.42 Å². The molecule has 0 fully saturated rings. The van der Waals surface area contributed by atoms with Gasteiger partial charge in [0, 0.05) is 7.05 Å². The lowest BCUT2D eigenvalue weighted by molar-refractivity contribution is 0.433. The number of hydrogen-bond donors (Lipinski definition) is 0. The predicted molar refractivity (Wildman–Crippen MR) is 71.1 cm³/mol. The summed E-state index contributed by atoms with van der Waals surface area (Å²) < 4.78 is 18.6. The van der Waals surface area contributed by atoms with Gasteiger partial charge in [0.25, 0.3) is 0 Å². The van der Waals surface area contributed by atoms with Crippen molar-refractivity contribution in [1.82, 2.24) is 14.9 Å². The second-order valence-corrected chi connectivity index (χ2v) is 4.36. The number of rotatable bonds is 4. The summed E-state index contributed by atoms with van der Waals surface area (Å²) in [4.78, 5) is 5.54. The molecule has 0 saturated heterocycles. The summed E-state index contributed by atoms with van der Waals surface area (Å²) >= 11 is 0. The lowest BCUT2D eigenvalue weighted by Crippen LogP contribution is -2.35. The quantitative estimate of drug-likeness (QED) is 0.731. The van der Waals surface area contributed by atoms with Gasteiger partial charge in [-0.1, -0.05) is 12.1 Å². The van der Waals surface area contributed by atoms with Crippen molar-refractivity contribution in [3.05, 3.63) is 72.5 Å². The smallest absolute Gasteiger partial charge is 0.139 e. The van der Waals surface area contributed by atoms with E-state index in [0.717, 1.165) is 11.3 Å². The Balaban J connectivity index is 2.02. The average Bonchev–Trinajstić information content (AvgIpc) is 3.13. The number of furan rings is 1. The molecule has 1 atom stereocenters. The van der Waals surface area contributed by atoms with Gasteiger partial charge in [-0.15, -0.1) is 5.10 Å². The van der Waals surface area contributed by atoms with Gasteiger partial charge in [0.2, 0.25) is 0 Å². The van der Waals surface area contributed by atoms with Gasteiger partial charge in [0.05, 0.1) is 6.26 Å². The molecule has 6 heteroatoms. The summed E-state index contributed by atoms with van der Waals surface area (Å²) in [7, 11) is 1.87. The topological polar surface area (TPSA) is 47.1 Å². The third kappa shape index (κ3) is 2.27. The van der Waals surface area contributed by atoms with Gasteiger partial charge >= 0.3 is 0 Å². The van der Waals surface area contributed by atoms with Crippen LogP contribution in [0.1, 0.15) is 17.4 Å². The van der Waals surface area contributed by atoms with Crippen molar-refractivity contribution >= 4 is 0 Å². The maximum absolute atomic E-state index is 13.1. The molecule has 1 aromatic carbocycles. The van der Waals surface area contributed by atoms with Crippen molar-refractivity contribution in [2.24, 2.45) is 0 Å². The molecule has 0 amide bonds. The molecule has 3 aromatic rings. The van der Waals surface area contributed by atoms with Crippen LogP contribution in [0.2, 0.25) is 0 Å². The number of nitrogens with zero attached hydrogens (tertiary/aromatic N) is 4. The minimum atomic E-state index is -0.268. The van der Waals surface area contributed by atoms with Crippen molar-refractivity contribution < 1.29 is 8.81 Å². The zero-order valence-corrected chi connectivity index (χ0v) is 10.8. The first kappa shape index (κ1) is 12.4. The van der Waals surface area contributed by atoms with Crippen LogP contribution >= 0.6 is 0 Å². The van der Waals surface area contributed by atoms with Crippen molar-refractivity contribution in [3.63, 3.8) is 0 Å². The normalized spacial score (nSPS) is 12.3. The largest absolute Gasteiger partial charge is 0.467 e. The Kier molecular flexibility index (Phi) is 3.20. The van der Waals surface area contributed by atoms with E-state index in [1.54, 1.807) is 29.5 Å². The Morgan fingerprint density at radius 1 is 1.25 bits per heavy atom. The van der Waals surface area contributed by atoms with E-state index in [1.165, 1.54) is 18.5 Å². The van der Waals surface area contributed by atoms with Crippen LogP contribution in [0.3, 0.4) is 0 Å². The predicted octanol–water partition coefficient (Wildman–Crippen LogP) is 2.37. The molecule has 0 aliphatic heterocycles. The number of benzene rings is 1. The molecule has 3 rings (SSSR count). The summed E-state index contributed by atoms with van der Waals surface area (Å²) in [6, 6.07) is 9.81. The van der Waals surface area contributed by atoms with E-state index in [-0.39, 0.29) is 11.9 Å². The maximum Gasteiger partial charge on any atom is 0.139 e. The molecule has 1 unspecified atom stereocenters. The highest BCUT2D eigenvalue weighted by molar-refractivity contribution is 5.30. The van der Waals surface area contributed by atoms with Gasteiger partial charge in [0.15, 0.2) is 0 Å². The molecule has 0 spiro atoms. The SMILES string of the molecule is CN(C(c1ccc(F)cc1)c1ccco1)n1cncn1. The highest BCUT2D eigenvalue weighted by Gasteiger charge is 2.23. The van der Waals surface area contributed by atoms with Crippen molar-refractivity contribution in [3.8, 4) is 0 Å². The van der Waals surface area contributed by atoms with Crippen LogP contribution in [0, 0.1) is 5.82 Å². The summed E-state index contributed by atoms with van der Waals surface area (Å²) in [6.45, 7) is 0. The highest BCUT2D eigenvalue weighted by Crippen LogP contribution is 2.26. The van der Waals surface area contributed by atoms with Gasteiger partial charge in [-0.2, -0.15) is 4.79 Å². The second-order valence-electron chi connectivity index (χ2n) is 4.36. The Morgan fingerprint density at radius 2 is 2.05 bits per heavy atom. The Bertz CT molecular complexity index is 649. The lowest BCUT2D eigenvalue weighted by atomic mass is 10.0. The third-order valence-corrected chi connectivity index (χ3v) is 3.10. The Labute approximate surface area is 115 Å². The van der Waals surface area contributed by atoms with Crippen LogP contribution in [-0.2, 0) is 0 Å². The molecule has 0 bridgehead atoms. The van der Waals surface area contributed by atoms with Crippen LogP contribution < -0.4 is 5.01 Å². The van der Waals surface area contributed by atoms with Crippen molar-refractivity contribution in [2.75, 3.05) is 12.1 Å². The van der Waals surface area contributed by atoms with Gasteiger partial charge in [-0.3, -0.25) is 5.01 Å². The fourth-order valence-corrected chi connectivity index (χ4v) is 2.14. The molecular weight excluding hydrogens is 259 g/mol. The average molecular weight is 272 g/mol. The molecule has 0 aliphatic rings. The van der Waals surface area contributed by atoms with Crippen LogP contribution in [0.25, 0.3) is 0 Å². The van der Waals surface area contributed by atoms with Crippen molar-refractivity contribution in [1.29, 1.82) is 0 Å². The fraction of sp³-hybridized carbons (Fsp3) is 0.143. The fourth-order valence-electron chi connectivity index (χ4n) is 2.14. The van der Waals surface area contributed by atoms with Crippen LogP contribution in [0.4, 0.5) is 4.39 Å². The Hall–Kier alpha value is -2.63. The second kappa shape index (κ2) is 5.16. The lowest BCUT2D eigenvalue weighted by Gasteiger charge is -2.27. The molecule has 0 N–H and O–H groups in total. The van der Waals surface area contributed by atoms with E-state index < -0.39 is 0 Å². The monoisotopic (exact) mass is 272 g/mol. The van der Waals surface area contributed by atoms with E-state index in [2.05, 4.69) is 10.1 Å². The third-order valence-electron chi connectivity index (χ3n) is 3.10. The number of aromatic nitrogens is 3. The van der Waals surface area contributed by atoms with E-state index in [9.17, 15) is 4.39 Å². The standard InChI is InChI=1S/C14H13FN4O/c1-18(19-10-16-9-17-19)14(13-3-2-8-20-13)11-4-6-12(15)7-5-11/h2-10,14H,1H3.